The first kappa shape index (κ1) is 14.9. The van der Waals surface area contributed by atoms with E-state index >= 15 is 0 Å². The summed E-state index contributed by atoms with van der Waals surface area (Å²) in [5.41, 5.74) is 5.96. The molecule has 0 amide bonds. The first-order valence-corrected chi connectivity index (χ1v) is 8.39. The second kappa shape index (κ2) is 6.28. The molecule has 20 heavy (non-hydrogen) atoms. The monoisotopic (exact) mass is 355 g/mol. The van der Waals surface area contributed by atoms with E-state index in [1.54, 1.807) is 24.3 Å². The minimum atomic E-state index is -3.46. The summed E-state index contributed by atoms with van der Waals surface area (Å²) in [6.45, 7) is 0.0816. The van der Waals surface area contributed by atoms with Gasteiger partial charge in [0.1, 0.15) is 12.4 Å². The fourth-order valence-corrected chi connectivity index (χ4v) is 3.44. The Balaban J connectivity index is 2.06. The van der Waals surface area contributed by atoms with Gasteiger partial charge in [0.05, 0.1) is 16.3 Å². The van der Waals surface area contributed by atoms with Gasteiger partial charge in [0.25, 0.3) is 0 Å². The summed E-state index contributed by atoms with van der Waals surface area (Å²) in [6.07, 6.45) is 0. The van der Waals surface area contributed by atoms with Gasteiger partial charge in [0.15, 0.2) is 9.84 Å². The molecule has 0 atom stereocenters. The highest BCUT2D eigenvalue weighted by Gasteiger charge is 2.18. The molecule has 0 heterocycles. The molecule has 0 fully saturated rings. The van der Waals surface area contributed by atoms with Gasteiger partial charge in [-0.15, -0.1) is 0 Å². The Bertz CT molecular complexity index is 687. The van der Waals surface area contributed by atoms with E-state index < -0.39 is 9.84 Å². The zero-order valence-corrected chi connectivity index (χ0v) is 13.0. The van der Waals surface area contributed by atoms with Crippen LogP contribution in [-0.4, -0.2) is 20.8 Å². The average molecular weight is 356 g/mol. The van der Waals surface area contributed by atoms with Crippen LogP contribution in [-0.2, 0) is 9.84 Å². The zero-order valence-electron chi connectivity index (χ0n) is 10.6. The first-order chi connectivity index (χ1) is 9.49. The van der Waals surface area contributed by atoms with Crippen molar-refractivity contribution < 1.29 is 13.2 Å². The average Bonchev–Trinajstić information content (AvgIpc) is 2.42. The molecule has 0 bridgehead atoms. The third-order valence-electron chi connectivity index (χ3n) is 2.67. The molecule has 106 valence electrons. The lowest BCUT2D eigenvalue weighted by Gasteiger charge is -2.09. The van der Waals surface area contributed by atoms with Crippen LogP contribution in [0, 0.1) is 0 Å². The molecule has 4 nitrogen and oxygen atoms in total. The molecule has 2 aromatic carbocycles. The van der Waals surface area contributed by atoms with Crippen LogP contribution in [0.25, 0.3) is 0 Å². The van der Waals surface area contributed by atoms with Crippen molar-refractivity contribution in [1.29, 1.82) is 0 Å². The maximum atomic E-state index is 12.2. The lowest BCUT2D eigenvalue weighted by atomic mass is 10.3. The van der Waals surface area contributed by atoms with E-state index in [0.29, 0.717) is 10.2 Å². The normalized spacial score (nSPS) is 11.2. The predicted octanol–water partition coefficient (Wildman–Crippen LogP) is 2.88. The molecule has 0 saturated heterocycles. The van der Waals surface area contributed by atoms with E-state index in [-0.39, 0.29) is 22.9 Å². The smallest absolute Gasteiger partial charge is 0.183 e. The molecule has 2 rings (SSSR count). The highest BCUT2D eigenvalue weighted by Crippen LogP contribution is 2.24. The van der Waals surface area contributed by atoms with Crippen molar-refractivity contribution in [2.45, 2.75) is 4.90 Å². The standard InChI is InChI=1S/C14H14BrNO3S/c15-11-6-7-13(16)14(10-11)20(17,18)9-8-19-12-4-2-1-3-5-12/h1-7,10H,8-9,16H2. The zero-order chi connectivity index (χ0) is 14.6. The summed E-state index contributed by atoms with van der Waals surface area (Å²) in [4.78, 5) is 0.128. The number of hydrogen-bond donors (Lipinski definition) is 1. The van der Waals surface area contributed by atoms with Crippen molar-refractivity contribution >= 4 is 31.5 Å². The fourth-order valence-electron chi connectivity index (χ4n) is 1.67. The first-order valence-electron chi connectivity index (χ1n) is 5.95. The van der Waals surface area contributed by atoms with Crippen LogP contribution in [0.1, 0.15) is 0 Å². The molecule has 0 spiro atoms. The SMILES string of the molecule is Nc1ccc(Br)cc1S(=O)(=O)CCOc1ccccc1. The highest BCUT2D eigenvalue weighted by molar-refractivity contribution is 9.10. The maximum Gasteiger partial charge on any atom is 0.183 e. The lowest BCUT2D eigenvalue weighted by Crippen LogP contribution is -2.15. The molecule has 2 aromatic rings. The molecular formula is C14H14BrNO3S. The van der Waals surface area contributed by atoms with Crippen LogP contribution in [0.5, 0.6) is 5.75 Å². The Hall–Kier alpha value is -1.53. The van der Waals surface area contributed by atoms with Crippen molar-refractivity contribution in [2.24, 2.45) is 0 Å². The van der Waals surface area contributed by atoms with Gasteiger partial charge >= 0.3 is 0 Å². The quantitative estimate of drug-likeness (QED) is 0.837. The molecule has 2 N–H and O–H groups in total. The summed E-state index contributed by atoms with van der Waals surface area (Å²) in [6, 6.07) is 13.9. The van der Waals surface area contributed by atoms with Crippen LogP contribution in [0.3, 0.4) is 0 Å². The Morgan fingerprint density at radius 2 is 1.80 bits per heavy atom. The van der Waals surface area contributed by atoms with Gasteiger partial charge in [0, 0.05) is 4.47 Å². The largest absolute Gasteiger partial charge is 0.493 e. The van der Waals surface area contributed by atoms with Crippen molar-refractivity contribution in [2.75, 3.05) is 18.1 Å². The number of nitrogen functional groups attached to an aromatic ring is 1. The van der Waals surface area contributed by atoms with E-state index in [2.05, 4.69) is 15.9 Å². The topological polar surface area (TPSA) is 69.4 Å². The van der Waals surface area contributed by atoms with Gasteiger partial charge in [-0.05, 0) is 30.3 Å². The summed E-state index contributed by atoms with van der Waals surface area (Å²) in [7, 11) is -3.46. The molecule has 0 aromatic heterocycles. The molecule has 0 unspecified atom stereocenters. The minimum absolute atomic E-state index is 0.0816. The van der Waals surface area contributed by atoms with E-state index in [9.17, 15) is 8.42 Å². The van der Waals surface area contributed by atoms with Crippen LogP contribution in [0.2, 0.25) is 0 Å². The lowest BCUT2D eigenvalue weighted by molar-refractivity contribution is 0.341. The van der Waals surface area contributed by atoms with Gasteiger partial charge in [-0.1, -0.05) is 34.1 Å². The number of anilines is 1. The number of halogens is 1. The molecule has 0 aliphatic rings. The Morgan fingerprint density at radius 3 is 2.50 bits per heavy atom. The molecule has 6 heteroatoms. The third-order valence-corrected chi connectivity index (χ3v) is 4.90. The summed E-state index contributed by atoms with van der Waals surface area (Å²) < 4.78 is 30.5. The van der Waals surface area contributed by atoms with Crippen LogP contribution >= 0.6 is 15.9 Å². The summed E-state index contributed by atoms with van der Waals surface area (Å²) in [5, 5.41) is 0. The molecule has 0 saturated carbocycles. The van der Waals surface area contributed by atoms with Crippen LogP contribution in [0.15, 0.2) is 57.9 Å². The molecular weight excluding hydrogens is 342 g/mol. The highest BCUT2D eigenvalue weighted by atomic mass is 79.9. The number of rotatable bonds is 5. The third kappa shape index (κ3) is 3.74. The van der Waals surface area contributed by atoms with Crippen LogP contribution in [0.4, 0.5) is 5.69 Å². The summed E-state index contributed by atoms with van der Waals surface area (Å²) in [5.74, 6) is 0.521. The molecule has 0 aliphatic heterocycles. The fraction of sp³-hybridized carbons (Fsp3) is 0.143. The van der Waals surface area contributed by atoms with E-state index in [1.165, 1.54) is 6.07 Å². The Kier molecular flexibility index (Phi) is 4.67. The van der Waals surface area contributed by atoms with Crippen molar-refractivity contribution in [3.63, 3.8) is 0 Å². The maximum absolute atomic E-state index is 12.2. The van der Waals surface area contributed by atoms with Gasteiger partial charge in [0.2, 0.25) is 0 Å². The second-order valence-electron chi connectivity index (χ2n) is 4.16. The van der Waals surface area contributed by atoms with Gasteiger partial charge in [-0.25, -0.2) is 8.42 Å². The number of para-hydroxylation sites is 1. The van der Waals surface area contributed by atoms with E-state index in [1.807, 2.05) is 18.2 Å². The minimum Gasteiger partial charge on any atom is -0.493 e. The number of sulfone groups is 1. The van der Waals surface area contributed by atoms with E-state index in [4.69, 9.17) is 10.5 Å². The van der Waals surface area contributed by atoms with Gasteiger partial charge in [-0.2, -0.15) is 0 Å². The van der Waals surface area contributed by atoms with Crippen molar-refractivity contribution in [3.05, 3.63) is 53.0 Å². The van der Waals surface area contributed by atoms with Gasteiger partial charge < -0.3 is 10.5 Å². The molecule has 0 radical (unpaired) electrons. The number of benzene rings is 2. The number of ether oxygens (including phenoxy) is 1. The van der Waals surface area contributed by atoms with Crippen molar-refractivity contribution in [1.82, 2.24) is 0 Å². The van der Waals surface area contributed by atoms with Gasteiger partial charge in [-0.3, -0.25) is 0 Å². The molecule has 0 aliphatic carbocycles. The number of hydrogen-bond acceptors (Lipinski definition) is 4. The summed E-state index contributed by atoms with van der Waals surface area (Å²) >= 11 is 3.24. The Morgan fingerprint density at radius 1 is 1.10 bits per heavy atom. The predicted molar refractivity (Wildman–Crippen MR) is 82.5 cm³/mol. The second-order valence-corrected chi connectivity index (χ2v) is 7.16. The number of nitrogens with two attached hydrogens (primary N) is 1. The Labute approximate surface area is 126 Å². The van der Waals surface area contributed by atoms with Crippen LogP contribution < -0.4 is 10.5 Å². The van der Waals surface area contributed by atoms with E-state index in [0.717, 1.165) is 0 Å². The van der Waals surface area contributed by atoms with Crippen molar-refractivity contribution in [3.8, 4) is 5.75 Å².